The van der Waals surface area contributed by atoms with Gasteiger partial charge in [0.05, 0.1) is 34.5 Å². The van der Waals surface area contributed by atoms with Crippen LogP contribution < -0.4 is 4.74 Å². The van der Waals surface area contributed by atoms with E-state index in [1.807, 2.05) is 37.3 Å². The first kappa shape index (κ1) is 34.3. The van der Waals surface area contributed by atoms with Crippen LogP contribution in [-0.4, -0.2) is 44.5 Å². The van der Waals surface area contributed by atoms with Gasteiger partial charge in [-0.15, -0.1) is 0 Å². The monoisotopic (exact) mass is 701 g/mol. The molecule has 2 unspecified atom stereocenters. The third-order valence-electron chi connectivity index (χ3n) is 15.2. The van der Waals surface area contributed by atoms with Crippen LogP contribution in [0.4, 0.5) is 0 Å². The van der Waals surface area contributed by atoms with Crippen molar-refractivity contribution in [2.45, 2.75) is 122 Å². The molecule has 6 heteroatoms. The molecule has 0 radical (unpaired) electrons. The number of carbonyl (C=O) groups is 1. The summed E-state index contributed by atoms with van der Waals surface area (Å²) in [6.45, 7) is 22.4. The Morgan fingerprint density at radius 2 is 1.79 bits per heavy atom. The summed E-state index contributed by atoms with van der Waals surface area (Å²) in [5.41, 5.74) is 6.16. The van der Waals surface area contributed by atoms with Crippen molar-refractivity contribution in [1.29, 1.82) is 0 Å². The molecule has 4 aliphatic carbocycles. The fraction of sp³-hybridized carbons (Fsp3) is 0.543. The summed E-state index contributed by atoms with van der Waals surface area (Å²) in [4.78, 5) is 14.9. The van der Waals surface area contributed by atoms with Crippen molar-refractivity contribution in [1.82, 2.24) is 4.57 Å². The second-order valence-corrected chi connectivity index (χ2v) is 18.8. The van der Waals surface area contributed by atoms with Gasteiger partial charge >= 0.3 is 0 Å². The van der Waals surface area contributed by atoms with Crippen LogP contribution in [0.5, 0.6) is 5.75 Å². The van der Waals surface area contributed by atoms with Gasteiger partial charge in [0.1, 0.15) is 18.4 Å². The number of aromatic nitrogens is 1. The lowest BCUT2D eigenvalue weighted by Crippen LogP contribution is -2.62. The standard InChI is InChI=1S/C46H55NO5/c1-25(2)37-40(50)35-34-28(31-24-42(3,4)52-43(5,6)36(31)39(34)49)23-29-30-22-26-16-17-32-44(7,19-13-21-51-27-14-11-10-12-15-27)33(48)18-20-45(32,8)46(26,9)41(30)47(37)38(29)35/h10-15,19,23-24,26,32-33,36-37,39,48-49H,1,16-18,20-22H2,2-9H3/b19-13+/t26?,32-,33-,36?,37-,39+,44-,45-,46+/m0/s1. The number of benzene rings is 2. The Kier molecular flexibility index (Phi) is 7.15. The summed E-state index contributed by atoms with van der Waals surface area (Å²) < 4.78 is 15.0. The summed E-state index contributed by atoms with van der Waals surface area (Å²) in [7, 11) is 0. The number of ether oxygens (including phenoxy) is 2. The molecule has 3 heterocycles. The first-order valence-electron chi connectivity index (χ1n) is 19.5. The fourth-order valence-corrected chi connectivity index (χ4v) is 13.1. The topological polar surface area (TPSA) is 80.9 Å². The fourth-order valence-electron chi connectivity index (χ4n) is 13.1. The number of hydrogen-bond donors (Lipinski definition) is 2. The Morgan fingerprint density at radius 1 is 1.06 bits per heavy atom. The zero-order valence-electron chi connectivity index (χ0n) is 32.2. The lowest BCUT2D eigenvalue weighted by molar-refractivity contribution is -0.145. The highest BCUT2D eigenvalue weighted by molar-refractivity contribution is 6.18. The molecular formula is C46H55NO5. The van der Waals surface area contributed by atoms with Gasteiger partial charge < -0.3 is 24.3 Å². The van der Waals surface area contributed by atoms with E-state index >= 15 is 0 Å². The molecule has 274 valence electrons. The van der Waals surface area contributed by atoms with Crippen molar-refractivity contribution >= 4 is 22.3 Å². The number of ketones is 1. The van der Waals surface area contributed by atoms with Crippen LogP contribution >= 0.6 is 0 Å². The number of allylic oxidation sites excluding steroid dienone is 1. The summed E-state index contributed by atoms with van der Waals surface area (Å²) in [5, 5.41) is 25.1. The first-order valence-corrected chi connectivity index (χ1v) is 19.5. The highest BCUT2D eigenvalue weighted by Gasteiger charge is 2.67. The number of fused-ring (bicyclic) bond motifs is 11. The number of rotatable bonds is 5. The molecule has 6 nitrogen and oxygen atoms in total. The van der Waals surface area contributed by atoms with Crippen LogP contribution in [0.3, 0.4) is 0 Å². The van der Waals surface area contributed by atoms with Gasteiger partial charge in [0, 0.05) is 33.4 Å². The molecule has 2 aromatic carbocycles. The average molecular weight is 702 g/mol. The van der Waals surface area contributed by atoms with Gasteiger partial charge in [-0.25, -0.2) is 0 Å². The minimum absolute atomic E-state index is 0.0539. The summed E-state index contributed by atoms with van der Waals surface area (Å²) in [6, 6.07) is 11.7. The van der Waals surface area contributed by atoms with Gasteiger partial charge in [0.15, 0.2) is 5.78 Å². The zero-order valence-corrected chi connectivity index (χ0v) is 32.2. The van der Waals surface area contributed by atoms with Crippen molar-refractivity contribution in [2.24, 2.45) is 28.6 Å². The molecule has 1 aromatic heterocycles. The summed E-state index contributed by atoms with van der Waals surface area (Å²) in [5.74, 6) is 1.30. The van der Waals surface area contributed by atoms with Gasteiger partial charge in [-0.05, 0) is 125 Å². The maximum atomic E-state index is 14.9. The SMILES string of the molecule is C=C(C)[C@H]1C(=O)c2c3c(cc4c5c(n1c24)[C@@]1(C)C(CC[C@H]2[C@](C)(/C=C/COc4ccccc4)[C@@H](O)CC[C@@]21C)C5)C1=CC(C)(C)OC(C)(C)C1[C@@H]3O. The molecule has 0 bridgehead atoms. The Bertz CT molecular complexity index is 2120. The van der Waals surface area contributed by atoms with Gasteiger partial charge in [-0.2, -0.15) is 0 Å². The van der Waals surface area contributed by atoms with Gasteiger partial charge in [0.25, 0.3) is 0 Å². The minimum atomic E-state index is -0.837. The second-order valence-electron chi connectivity index (χ2n) is 18.8. The van der Waals surface area contributed by atoms with Gasteiger partial charge in [-0.3, -0.25) is 4.79 Å². The molecule has 0 spiro atoms. The van der Waals surface area contributed by atoms with Crippen molar-refractivity contribution in [3.63, 3.8) is 0 Å². The third kappa shape index (κ3) is 4.21. The van der Waals surface area contributed by atoms with Crippen LogP contribution in [0, 0.1) is 28.6 Å². The normalized spacial score (nSPS) is 37.7. The number of para-hydroxylation sites is 1. The predicted octanol–water partition coefficient (Wildman–Crippen LogP) is 9.23. The number of carbonyl (C=O) groups excluding carboxylic acids is 1. The molecule has 2 N–H and O–H groups in total. The quantitative estimate of drug-likeness (QED) is 0.259. The molecule has 52 heavy (non-hydrogen) atoms. The molecule has 6 aliphatic rings. The smallest absolute Gasteiger partial charge is 0.192 e. The Morgan fingerprint density at radius 3 is 2.50 bits per heavy atom. The van der Waals surface area contributed by atoms with Crippen molar-refractivity contribution in [3.8, 4) is 5.75 Å². The van der Waals surface area contributed by atoms with E-state index in [2.05, 4.69) is 83.9 Å². The number of hydrogen-bond acceptors (Lipinski definition) is 5. The second kappa shape index (κ2) is 10.8. The van der Waals surface area contributed by atoms with E-state index < -0.39 is 34.9 Å². The summed E-state index contributed by atoms with van der Waals surface area (Å²) >= 11 is 0. The first-order chi connectivity index (χ1) is 24.5. The molecule has 2 aliphatic heterocycles. The number of aliphatic hydroxyl groups excluding tert-OH is 2. The van der Waals surface area contributed by atoms with E-state index in [4.69, 9.17) is 9.47 Å². The van der Waals surface area contributed by atoms with Gasteiger partial charge in [-0.1, -0.05) is 63.3 Å². The van der Waals surface area contributed by atoms with Crippen LogP contribution in [0.15, 0.2) is 66.8 Å². The minimum Gasteiger partial charge on any atom is -0.490 e. The molecule has 3 aromatic rings. The molecular weight excluding hydrogens is 647 g/mol. The Hall–Kier alpha value is -3.45. The Balaban J connectivity index is 1.21. The third-order valence-corrected chi connectivity index (χ3v) is 15.2. The lowest BCUT2D eigenvalue weighted by Gasteiger charge is -2.64. The van der Waals surface area contributed by atoms with E-state index in [-0.39, 0.29) is 28.4 Å². The highest BCUT2D eigenvalue weighted by Crippen LogP contribution is 2.71. The number of Topliss-reactive ketones (excluding diaryl/α,β-unsaturated/α-hetero) is 1. The largest absolute Gasteiger partial charge is 0.490 e. The highest BCUT2D eigenvalue weighted by atomic mass is 16.5. The van der Waals surface area contributed by atoms with E-state index in [9.17, 15) is 15.0 Å². The van der Waals surface area contributed by atoms with Crippen LogP contribution in [0.2, 0.25) is 0 Å². The molecule has 2 fully saturated rings. The average Bonchev–Trinajstić information content (AvgIpc) is 3.74. The van der Waals surface area contributed by atoms with E-state index in [0.29, 0.717) is 18.1 Å². The molecule has 0 saturated heterocycles. The van der Waals surface area contributed by atoms with E-state index in [0.717, 1.165) is 65.6 Å². The maximum absolute atomic E-state index is 14.9. The van der Waals surface area contributed by atoms with Crippen molar-refractivity contribution < 1.29 is 24.5 Å². The van der Waals surface area contributed by atoms with Gasteiger partial charge in [0.2, 0.25) is 0 Å². The molecule has 2 saturated carbocycles. The Labute approximate surface area is 308 Å². The van der Waals surface area contributed by atoms with Crippen LogP contribution in [-0.2, 0) is 16.6 Å². The van der Waals surface area contributed by atoms with E-state index in [1.54, 1.807) is 0 Å². The maximum Gasteiger partial charge on any atom is 0.192 e. The zero-order chi connectivity index (χ0) is 36.9. The van der Waals surface area contributed by atoms with Crippen molar-refractivity contribution in [2.75, 3.05) is 6.61 Å². The molecule has 0 amide bonds. The van der Waals surface area contributed by atoms with Crippen LogP contribution in [0.25, 0.3) is 16.5 Å². The van der Waals surface area contributed by atoms with Crippen LogP contribution in [0.1, 0.15) is 126 Å². The number of aliphatic hydroxyl groups is 2. The summed E-state index contributed by atoms with van der Waals surface area (Å²) in [6.07, 6.45) is 9.99. The number of nitrogens with zero attached hydrogens (tertiary/aromatic N) is 1. The van der Waals surface area contributed by atoms with Crippen molar-refractivity contribution in [3.05, 3.63) is 94.7 Å². The molecule has 9 rings (SSSR count). The van der Waals surface area contributed by atoms with E-state index in [1.165, 1.54) is 16.6 Å². The predicted molar refractivity (Wildman–Crippen MR) is 206 cm³/mol. The molecule has 9 atom stereocenters. The lowest BCUT2D eigenvalue weighted by atomic mass is 9.40.